The van der Waals surface area contributed by atoms with Crippen molar-refractivity contribution in [3.63, 3.8) is 0 Å². The number of nitrogens with one attached hydrogen (secondary N) is 1. The average Bonchev–Trinajstić information content (AvgIpc) is 2.82. The van der Waals surface area contributed by atoms with Gasteiger partial charge in [-0.15, -0.1) is 0 Å². The van der Waals surface area contributed by atoms with Crippen LogP contribution in [-0.4, -0.2) is 35.4 Å². The molecule has 2 aromatic rings. The minimum Gasteiger partial charge on any atom is -0.490 e. The van der Waals surface area contributed by atoms with Gasteiger partial charge in [-0.25, -0.2) is 0 Å². The molecule has 0 aliphatic heterocycles. The molecule has 1 aliphatic rings. The topological polar surface area (TPSA) is 92.7 Å². The predicted octanol–water partition coefficient (Wildman–Crippen LogP) is 5.40. The number of ether oxygens (including phenoxy) is 1. The van der Waals surface area contributed by atoms with Crippen molar-refractivity contribution >= 4 is 17.7 Å². The quantitative estimate of drug-likeness (QED) is 0.382. The maximum Gasteiger partial charge on any atom is 0.306 e. The monoisotopic (exact) mass is 465 g/mol. The van der Waals surface area contributed by atoms with Crippen molar-refractivity contribution < 1.29 is 24.2 Å². The fourth-order valence-electron chi connectivity index (χ4n) is 4.16. The summed E-state index contributed by atoms with van der Waals surface area (Å²) in [5, 5.41) is 12.0. The SMILES string of the molecule is CC(C)(C)c1ccc(C(=O)NCCCC(=O)c2ccc(OC3CCC(C(=O)O)CC3)cc2)cc1. The zero-order chi connectivity index (χ0) is 24.7. The molecule has 34 heavy (non-hydrogen) atoms. The standard InChI is InChI=1S/C28H35NO5/c1-28(2,3)22-12-6-20(7-13-22)26(31)29-18-4-5-25(30)19-8-14-23(15-9-19)34-24-16-10-21(11-17-24)27(32)33/h6-9,12-15,21,24H,4-5,10-11,16-18H2,1-3H3,(H,29,31)(H,32,33). The van der Waals surface area contributed by atoms with Crippen LogP contribution in [0.5, 0.6) is 5.75 Å². The molecule has 0 saturated heterocycles. The van der Waals surface area contributed by atoms with Gasteiger partial charge >= 0.3 is 5.97 Å². The van der Waals surface area contributed by atoms with Crippen molar-refractivity contribution in [3.8, 4) is 5.75 Å². The van der Waals surface area contributed by atoms with Crippen molar-refractivity contribution in [2.45, 2.75) is 70.8 Å². The summed E-state index contributed by atoms with van der Waals surface area (Å²) in [5.41, 5.74) is 2.45. The van der Waals surface area contributed by atoms with E-state index >= 15 is 0 Å². The number of aliphatic carboxylic acids is 1. The Balaban J connectivity index is 1.39. The van der Waals surface area contributed by atoms with Gasteiger partial charge in [0.05, 0.1) is 12.0 Å². The van der Waals surface area contributed by atoms with Crippen LogP contribution >= 0.6 is 0 Å². The lowest BCUT2D eigenvalue weighted by Crippen LogP contribution is -2.27. The van der Waals surface area contributed by atoms with Gasteiger partial charge in [-0.1, -0.05) is 32.9 Å². The van der Waals surface area contributed by atoms with Crippen LogP contribution in [0.25, 0.3) is 0 Å². The first-order chi connectivity index (χ1) is 16.1. The van der Waals surface area contributed by atoms with Crippen LogP contribution in [0.3, 0.4) is 0 Å². The number of benzene rings is 2. The van der Waals surface area contributed by atoms with Crippen LogP contribution in [-0.2, 0) is 10.2 Å². The zero-order valence-corrected chi connectivity index (χ0v) is 20.3. The van der Waals surface area contributed by atoms with Gasteiger partial charge in [0.2, 0.25) is 0 Å². The first kappa shape index (κ1) is 25.5. The zero-order valence-electron chi connectivity index (χ0n) is 20.3. The van der Waals surface area contributed by atoms with Crippen LogP contribution in [0.1, 0.15) is 85.6 Å². The third-order valence-corrected chi connectivity index (χ3v) is 6.38. The number of carboxylic acids is 1. The molecule has 0 unspecified atom stereocenters. The van der Waals surface area contributed by atoms with Gasteiger partial charge in [0.25, 0.3) is 5.91 Å². The number of amides is 1. The number of hydrogen-bond donors (Lipinski definition) is 2. The molecule has 2 N–H and O–H groups in total. The number of carboxylic acid groups (broad SMARTS) is 1. The third kappa shape index (κ3) is 7.17. The molecule has 2 aromatic carbocycles. The van der Waals surface area contributed by atoms with Crippen LogP contribution in [0, 0.1) is 5.92 Å². The Hall–Kier alpha value is -3.15. The molecule has 182 valence electrons. The molecule has 1 fully saturated rings. The van der Waals surface area contributed by atoms with E-state index in [0.717, 1.165) is 12.8 Å². The van der Waals surface area contributed by atoms with E-state index in [-0.39, 0.29) is 29.1 Å². The van der Waals surface area contributed by atoms with E-state index in [0.29, 0.717) is 49.1 Å². The van der Waals surface area contributed by atoms with Crippen LogP contribution in [0.2, 0.25) is 0 Å². The molecule has 3 rings (SSSR count). The van der Waals surface area contributed by atoms with Crippen molar-refractivity contribution in [3.05, 3.63) is 65.2 Å². The molecule has 0 atom stereocenters. The molecule has 0 radical (unpaired) electrons. The Labute approximate surface area is 201 Å². The highest BCUT2D eigenvalue weighted by atomic mass is 16.5. The van der Waals surface area contributed by atoms with Crippen LogP contribution < -0.4 is 10.1 Å². The largest absolute Gasteiger partial charge is 0.490 e. The van der Waals surface area contributed by atoms with E-state index < -0.39 is 5.97 Å². The van der Waals surface area contributed by atoms with Gasteiger partial charge in [0.15, 0.2) is 5.78 Å². The third-order valence-electron chi connectivity index (χ3n) is 6.38. The highest BCUT2D eigenvalue weighted by Gasteiger charge is 2.26. The first-order valence-electron chi connectivity index (χ1n) is 12.0. The molecule has 1 saturated carbocycles. The predicted molar refractivity (Wildman–Crippen MR) is 131 cm³/mol. The van der Waals surface area contributed by atoms with E-state index in [2.05, 4.69) is 26.1 Å². The summed E-state index contributed by atoms with van der Waals surface area (Å²) in [4.78, 5) is 35.9. The van der Waals surface area contributed by atoms with Gasteiger partial charge in [0, 0.05) is 24.1 Å². The van der Waals surface area contributed by atoms with E-state index in [9.17, 15) is 14.4 Å². The molecular formula is C28H35NO5. The molecule has 6 heteroatoms. The number of carbonyl (C=O) groups excluding carboxylic acids is 2. The van der Waals surface area contributed by atoms with Gasteiger partial charge in [-0.3, -0.25) is 14.4 Å². The van der Waals surface area contributed by atoms with Crippen molar-refractivity contribution in [1.82, 2.24) is 5.32 Å². The molecule has 0 spiro atoms. The number of hydrogen-bond acceptors (Lipinski definition) is 4. The molecule has 1 aliphatic carbocycles. The second kappa shape index (κ2) is 11.3. The van der Waals surface area contributed by atoms with Gasteiger partial charge in [-0.2, -0.15) is 0 Å². The summed E-state index contributed by atoms with van der Waals surface area (Å²) in [6.45, 7) is 6.84. The minimum absolute atomic E-state index is 0.0189. The molecule has 6 nitrogen and oxygen atoms in total. The fourth-order valence-corrected chi connectivity index (χ4v) is 4.16. The van der Waals surface area contributed by atoms with Gasteiger partial charge in [-0.05, 0) is 79.5 Å². The first-order valence-corrected chi connectivity index (χ1v) is 12.0. The molecular weight excluding hydrogens is 430 g/mol. The van der Waals surface area contributed by atoms with E-state index in [1.54, 1.807) is 24.3 Å². The summed E-state index contributed by atoms with van der Waals surface area (Å²) >= 11 is 0. The van der Waals surface area contributed by atoms with E-state index in [1.807, 2.05) is 24.3 Å². The Kier molecular flexibility index (Phi) is 8.48. The number of rotatable bonds is 9. The Morgan fingerprint density at radius 3 is 2.06 bits per heavy atom. The molecule has 0 bridgehead atoms. The fraction of sp³-hybridized carbons (Fsp3) is 0.464. The minimum atomic E-state index is -0.726. The smallest absolute Gasteiger partial charge is 0.306 e. The highest BCUT2D eigenvalue weighted by Crippen LogP contribution is 2.28. The summed E-state index contributed by atoms with van der Waals surface area (Å²) in [7, 11) is 0. The lowest BCUT2D eigenvalue weighted by atomic mass is 9.87. The van der Waals surface area contributed by atoms with Crippen molar-refractivity contribution in [1.29, 1.82) is 0 Å². The molecule has 0 aromatic heterocycles. The maximum atomic E-state index is 12.5. The molecule has 1 amide bonds. The Bertz CT molecular complexity index is 981. The number of Topliss-reactive ketones (excluding diaryl/α,β-unsaturated/α-hetero) is 1. The number of carbonyl (C=O) groups is 3. The Morgan fingerprint density at radius 1 is 0.912 bits per heavy atom. The Morgan fingerprint density at radius 2 is 1.50 bits per heavy atom. The molecule has 0 heterocycles. The van der Waals surface area contributed by atoms with Crippen LogP contribution in [0.4, 0.5) is 0 Å². The van der Waals surface area contributed by atoms with Gasteiger partial charge in [0.1, 0.15) is 5.75 Å². The van der Waals surface area contributed by atoms with Crippen molar-refractivity contribution in [2.24, 2.45) is 5.92 Å². The second-order valence-corrected chi connectivity index (χ2v) is 10.1. The average molecular weight is 466 g/mol. The summed E-state index contributed by atoms with van der Waals surface area (Å²) in [5.74, 6) is -0.404. The summed E-state index contributed by atoms with van der Waals surface area (Å²) in [6, 6.07) is 14.7. The van der Waals surface area contributed by atoms with Crippen LogP contribution in [0.15, 0.2) is 48.5 Å². The normalized spacial score (nSPS) is 18.2. The van der Waals surface area contributed by atoms with Crippen molar-refractivity contribution in [2.75, 3.05) is 6.54 Å². The highest BCUT2D eigenvalue weighted by molar-refractivity contribution is 5.96. The van der Waals surface area contributed by atoms with E-state index in [4.69, 9.17) is 9.84 Å². The van der Waals surface area contributed by atoms with E-state index in [1.165, 1.54) is 5.56 Å². The summed E-state index contributed by atoms with van der Waals surface area (Å²) < 4.78 is 5.96. The summed E-state index contributed by atoms with van der Waals surface area (Å²) in [6.07, 6.45) is 3.66. The maximum absolute atomic E-state index is 12.5. The lowest BCUT2D eigenvalue weighted by molar-refractivity contribution is -0.143. The van der Waals surface area contributed by atoms with Gasteiger partial charge < -0.3 is 15.2 Å². The number of ketones is 1. The second-order valence-electron chi connectivity index (χ2n) is 10.1. The lowest BCUT2D eigenvalue weighted by Gasteiger charge is -2.26.